The van der Waals surface area contributed by atoms with Crippen molar-refractivity contribution in [1.29, 1.82) is 0 Å². The minimum absolute atomic E-state index is 0.166. The van der Waals surface area contributed by atoms with Crippen LogP contribution in [0.25, 0.3) is 10.9 Å². The second kappa shape index (κ2) is 11.9. The van der Waals surface area contributed by atoms with Gasteiger partial charge in [-0.25, -0.2) is 4.98 Å². The summed E-state index contributed by atoms with van der Waals surface area (Å²) in [6.45, 7) is 3.58. The van der Waals surface area contributed by atoms with Gasteiger partial charge in [0, 0.05) is 38.2 Å². The Hall–Kier alpha value is -3.09. The Bertz CT molecular complexity index is 1070. The molecule has 1 aromatic carbocycles. The van der Waals surface area contributed by atoms with Crippen LogP contribution in [0.5, 0.6) is 5.75 Å². The van der Waals surface area contributed by atoms with E-state index >= 15 is 0 Å². The van der Waals surface area contributed by atoms with Gasteiger partial charge in [-0.3, -0.25) is 9.89 Å². The van der Waals surface area contributed by atoms with Crippen molar-refractivity contribution in [2.75, 3.05) is 18.4 Å². The minimum Gasteiger partial charge on any atom is -0.508 e. The van der Waals surface area contributed by atoms with E-state index in [1.165, 1.54) is 32.1 Å². The number of nitrogens with one attached hydrogen (secondary N) is 2. The fourth-order valence-corrected chi connectivity index (χ4v) is 4.96. The smallest absolute Gasteiger partial charge is 0.222 e. The molecule has 0 aliphatic heterocycles. The van der Waals surface area contributed by atoms with Crippen LogP contribution in [0, 0.1) is 0 Å². The van der Waals surface area contributed by atoms with E-state index in [1.54, 1.807) is 12.1 Å². The summed E-state index contributed by atoms with van der Waals surface area (Å²) in [5.74, 6) is 1.34. The molecule has 0 radical (unpaired) electrons. The number of aromatic amines is 1. The number of carbonyl (C=O) groups is 1. The Balaban J connectivity index is 1.36. The Labute approximate surface area is 202 Å². The molecular weight excluding hydrogens is 426 g/mol. The Morgan fingerprint density at radius 3 is 2.82 bits per heavy atom. The summed E-state index contributed by atoms with van der Waals surface area (Å²) in [5, 5.41) is 22.0. The molecule has 4 rings (SSSR count). The first-order valence-corrected chi connectivity index (χ1v) is 12.8. The predicted molar refractivity (Wildman–Crippen MR) is 136 cm³/mol. The molecule has 3 N–H and O–H groups in total. The van der Waals surface area contributed by atoms with E-state index in [9.17, 15) is 9.90 Å². The van der Waals surface area contributed by atoms with Crippen LogP contribution in [0.4, 0.5) is 5.82 Å². The number of hydrogen-bond donors (Lipinski definition) is 3. The van der Waals surface area contributed by atoms with Crippen LogP contribution >= 0.6 is 0 Å². The van der Waals surface area contributed by atoms with E-state index in [0.717, 1.165) is 60.3 Å². The summed E-state index contributed by atoms with van der Waals surface area (Å²) in [4.78, 5) is 19.7. The number of amides is 1. The van der Waals surface area contributed by atoms with Crippen molar-refractivity contribution in [2.45, 2.75) is 77.2 Å². The zero-order valence-corrected chi connectivity index (χ0v) is 20.2. The van der Waals surface area contributed by atoms with Gasteiger partial charge in [0.1, 0.15) is 11.6 Å². The fraction of sp³-hybridized carbons (Fsp3) is 0.519. The summed E-state index contributed by atoms with van der Waals surface area (Å²) in [6.07, 6.45) is 11.7. The molecule has 0 unspecified atom stereocenters. The Morgan fingerprint density at radius 1 is 1.18 bits per heavy atom. The summed E-state index contributed by atoms with van der Waals surface area (Å²) in [5.41, 5.74) is 2.97. The Kier molecular flexibility index (Phi) is 8.39. The van der Waals surface area contributed by atoms with Crippen LogP contribution in [0.1, 0.15) is 69.5 Å². The first kappa shape index (κ1) is 24.0. The van der Waals surface area contributed by atoms with E-state index in [4.69, 9.17) is 0 Å². The van der Waals surface area contributed by atoms with E-state index in [-0.39, 0.29) is 11.7 Å². The first-order valence-electron chi connectivity index (χ1n) is 12.8. The second-order valence-corrected chi connectivity index (χ2v) is 9.39. The molecule has 1 saturated carbocycles. The van der Waals surface area contributed by atoms with Gasteiger partial charge in [-0.2, -0.15) is 5.10 Å². The van der Waals surface area contributed by atoms with Crippen molar-refractivity contribution in [1.82, 2.24) is 20.1 Å². The number of aromatic nitrogens is 3. The van der Waals surface area contributed by atoms with Gasteiger partial charge < -0.3 is 15.3 Å². The van der Waals surface area contributed by atoms with E-state index in [1.807, 2.05) is 29.3 Å². The Morgan fingerprint density at radius 2 is 2.03 bits per heavy atom. The lowest BCUT2D eigenvalue weighted by molar-refractivity contribution is -0.131. The highest BCUT2D eigenvalue weighted by atomic mass is 16.3. The van der Waals surface area contributed by atoms with Crippen molar-refractivity contribution >= 4 is 22.6 Å². The molecule has 2 aromatic heterocycles. The molecule has 0 bridgehead atoms. The topological polar surface area (TPSA) is 94.1 Å². The van der Waals surface area contributed by atoms with Crippen LogP contribution in [-0.2, 0) is 17.6 Å². The molecule has 7 nitrogen and oxygen atoms in total. The molecule has 7 heteroatoms. The number of aryl methyl sites for hydroxylation is 2. The number of anilines is 1. The van der Waals surface area contributed by atoms with Gasteiger partial charge in [0.15, 0.2) is 0 Å². The van der Waals surface area contributed by atoms with Crippen LogP contribution < -0.4 is 5.32 Å². The third-order valence-corrected chi connectivity index (χ3v) is 6.72. The first-order chi connectivity index (χ1) is 16.6. The van der Waals surface area contributed by atoms with Crippen LogP contribution in [0.2, 0.25) is 0 Å². The molecule has 0 atom stereocenters. The predicted octanol–water partition coefficient (Wildman–Crippen LogP) is 5.21. The number of benzene rings is 1. The summed E-state index contributed by atoms with van der Waals surface area (Å²) in [6, 6.07) is 9.76. The highest BCUT2D eigenvalue weighted by Gasteiger charge is 2.19. The standard InChI is InChI=1S/C27H37N5O2/c1-2-17-32(18-7-9-20-8-6-12-22(33)19-20)25(34)14-13-23-26-24(31-30-23)15-16-28-27(26)29-21-10-4-3-5-11-21/h6,8,12,15-16,19,21,33H,2-5,7,9-11,13-14,17-18H2,1H3,(H,28,29)(H,30,31). The van der Waals surface area contributed by atoms with Crippen molar-refractivity contribution in [3.63, 3.8) is 0 Å². The van der Waals surface area contributed by atoms with Crippen LogP contribution in [0.15, 0.2) is 36.5 Å². The van der Waals surface area contributed by atoms with Crippen molar-refractivity contribution in [2.24, 2.45) is 0 Å². The van der Waals surface area contributed by atoms with E-state index in [0.29, 0.717) is 18.9 Å². The minimum atomic E-state index is 0.166. The third kappa shape index (κ3) is 6.27. The number of rotatable bonds is 11. The number of hydrogen-bond acceptors (Lipinski definition) is 5. The van der Waals surface area contributed by atoms with Gasteiger partial charge in [-0.15, -0.1) is 0 Å². The highest BCUT2D eigenvalue weighted by Crippen LogP contribution is 2.28. The molecule has 1 fully saturated rings. The SMILES string of the molecule is CCCN(CCCc1cccc(O)c1)C(=O)CCc1n[nH]c2ccnc(NC3CCCCC3)c12. The molecule has 0 saturated heterocycles. The van der Waals surface area contributed by atoms with Crippen LogP contribution in [-0.4, -0.2) is 50.2 Å². The average molecular weight is 464 g/mol. The van der Waals surface area contributed by atoms with Crippen LogP contribution in [0.3, 0.4) is 0 Å². The average Bonchev–Trinajstić information content (AvgIpc) is 3.27. The van der Waals surface area contributed by atoms with Crippen molar-refractivity contribution in [3.05, 3.63) is 47.8 Å². The highest BCUT2D eigenvalue weighted by molar-refractivity contribution is 5.92. The molecule has 1 amide bonds. The molecule has 1 aliphatic carbocycles. The number of H-pyrrole nitrogens is 1. The van der Waals surface area contributed by atoms with Gasteiger partial charge in [0.25, 0.3) is 0 Å². The molecule has 0 spiro atoms. The van der Waals surface area contributed by atoms with Gasteiger partial charge in [-0.1, -0.05) is 38.3 Å². The fourth-order valence-electron chi connectivity index (χ4n) is 4.96. The monoisotopic (exact) mass is 463 g/mol. The molecule has 1 aliphatic rings. The number of nitrogens with zero attached hydrogens (tertiary/aromatic N) is 3. The number of phenols is 1. The van der Waals surface area contributed by atoms with E-state index < -0.39 is 0 Å². The second-order valence-electron chi connectivity index (χ2n) is 9.39. The maximum Gasteiger partial charge on any atom is 0.222 e. The maximum absolute atomic E-state index is 13.1. The normalized spacial score (nSPS) is 14.4. The number of aromatic hydroxyl groups is 1. The maximum atomic E-state index is 13.1. The van der Waals surface area contributed by atoms with E-state index in [2.05, 4.69) is 27.4 Å². The summed E-state index contributed by atoms with van der Waals surface area (Å²) in [7, 11) is 0. The molecular formula is C27H37N5O2. The van der Waals surface area contributed by atoms with Gasteiger partial charge >= 0.3 is 0 Å². The zero-order chi connectivity index (χ0) is 23.8. The lowest BCUT2D eigenvalue weighted by Crippen LogP contribution is -2.33. The molecule has 34 heavy (non-hydrogen) atoms. The number of phenolic OH excluding ortho intramolecular Hbond substituents is 1. The molecule has 3 aromatic rings. The molecule has 182 valence electrons. The summed E-state index contributed by atoms with van der Waals surface area (Å²) >= 11 is 0. The lowest BCUT2D eigenvalue weighted by Gasteiger charge is -2.24. The lowest BCUT2D eigenvalue weighted by atomic mass is 9.95. The van der Waals surface area contributed by atoms with Gasteiger partial charge in [0.05, 0.1) is 16.6 Å². The number of pyridine rings is 1. The number of carbonyl (C=O) groups excluding carboxylic acids is 1. The zero-order valence-electron chi connectivity index (χ0n) is 20.2. The quantitative estimate of drug-likeness (QED) is 0.363. The van der Waals surface area contributed by atoms with Crippen molar-refractivity contribution in [3.8, 4) is 5.75 Å². The summed E-state index contributed by atoms with van der Waals surface area (Å²) < 4.78 is 0. The number of fused-ring (bicyclic) bond motifs is 1. The van der Waals surface area contributed by atoms with Gasteiger partial charge in [0.2, 0.25) is 5.91 Å². The molecule has 2 heterocycles. The third-order valence-electron chi connectivity index (χ3n) is 6.72. The van der Waals surface area contributed by atoms with Crippen molar-refractivity contribution < 1.29 is 9.90 Å². The van der Waals surface area contributed by atoms with Gasteiger partial charge in [-0.05, 0) is 55.9 Å². The largest absolute Gasteiger partial charge is 0.508 e.